The van der Waals surface area contributed by atoms with E-state index in [9.17, 15) is 5.11 Å². The van der Waals surface area contributed by atoms with Gasteiger partial charge in [-0.1, -0.05) is 68.3 Å². The Bertz CT molecular complexity index is 516. The summed E-state index contributed by atoms with van der Waals surface area (Å²) in [4.78, 5) is 0. The summed E-state index contributed by atoms with van der Waals surface area (Å²) in [5.41, 5.74) is 4.67. The average Bonchev–Trinajstić information content (AvgIpc) is 2.45. The second-order valence-corrected chi connectivity index (χ2v) is 5.10. The Balaban J connectivity index is 2.22. The van der Waals surface area contributed by atoms with E-state index < -0.39 is 0 Å². The molecule has 1 atom stereocenters. The Morgan fingerprint density at radius 2 is 1.74 bits per heavy atom. The molecule has 0 amide bonds. The third-order valence-electron chi connectivity index (χ3n) is 3.57. The van der Waals surface area contributed by atoms with E-state index >= 15 is 0 Å². The van der Waals surface area contributed by atoms with Crippen LogP contribution in [0.4, 0.5) is 0 Å². The number of aliphatic hydroxyl groups excluding tert-OH is 1. The van der Waals surface area contributed by atoms with Gasteiger partial charge in [0.2, 0.25) is 0 Å². The monoisotopic (exact) mass is 254 g/mol. The summed E-state index contributed by atoms with van der Waals surface area (Å²) in [5, 5.41) is 10.2. The summed E-state index contributed by atoms with van der Waals surface area (Å²) in [6.45, 7) is 4.23. The fourth-order valence-corrected chi connectivity index (χ4v) is 2.41. The Morgan fingerprint density at radius 1 is 1.00 bits per heavy atom. The molecular formula is C18H22O. The Morgan fingerprint density at radius 3 is 2.37 bits per heavy atom. The van der Waals surface area contributed by atoms with Gasteiger partial charge in [0.15, 0.2) is 0 Å². The van der Waals surface area contributed by atoms with Gasteiger partial charge in [0.25, 0.3) is 0 Å². The Labute approximate surface area is 115 Å². The predicted octanol–water partition coefficient (Wildman–Crippen LogP) is 4.89. The molecule has 2 aromatic carbocycles. The van der Waals surface area contributed by atoms with Crippen LogP contribution in [0.2, 0.25) is 0 Å². The molecule has 1 unspecified atom stereocenters. The highest BCUT2D eigenvalue weighted by Crippen LogP contribution is 2.27. The van der Waals surface area contributed by atoms with E-state index in [2.05, 4.69) is 56.3 Å². The average molecular weight is 254 g/mol. The second-order valence-electron chi connectivity index (χ2n) is 5.10. The van der Waals surface area contributed by atoms with Crippen LogP contribution in [0.15, 0.2) is 48.5 Å². The van der Waals surface area contributed by atoms with Gasteiger partial charge in [-0.05, 0) is 35.6 Å². The molecule has 0 aromatic heterocycles. The summed E-state index contributed by atoms with van der Waals surface area (Å²) in [6, 6.07) is 16.7. The lowest BCUT2D eigenvalue weighted by atomic mass is 9.95. The van der Waals surface area contributed by atoms with Crippen molar-refractivity contribution in [3.8, 4) is 11.1 Å². The van der Waals surface area contributed by atoms with Crippen molar-refractivity contribution in [2.24, 2.45) is 0 Å². The maximum absolute atomic E-state index is 10.2. The van der Waals surface area contributed by atoms with Gasteiger partial charge >= 0.3 is 0 Å². The standard InChI is InChI=1S/C18H22O/c1-3-4-10-18(19)17-12-11-16(13-14(17)2)15-8-6-5-7-9-15/h5-9,11-13,18-19H,3-4,10H2,1-2H3. The highest BCUT2D eigenvalue weighted by Gasteiger charge is 2.10. The van der Waals surface area contributed by atoms with Gasteiger partial charge in [-0.2, -0.15) is 0 Å². The largest absolute Gasteiger partial charge is 0.388 e. The highest BCUT2D eigenvalue weighted by atomic mass is 16.3. The van der Waals surface area contributed by atoms with Crippen LogP contribution < -0.4 is 0 Å². The van der Waals surface area contributed by atoms with Crippen molar-refractivity contribution in [3.05, 3.63) is 59.7 Å². The van der Waals surface area contributed by atoms with Crippen molar-refractivity contribution in [2.45, 2.75) is 39.2 Å². The van der Waals surface area contributed by atoms with Gasteiger partial charge in [0, 0.05) is 0 Å². The van der Waals surface area contributed by atoms with Crippen molar-refractivity contribution in [1.82, 2.24) is 0 Å². The molecular weight excluding hydrogens is 232 g/mol. The molecule has 0 saturated carbocycles. The van der Waals surface area contributed by atoms with Crippen molar-refractivity contribution in [1.29, 1.82) is 0 Å². The zero-order chi connectivity index (χ0) is 13.7. The second kappa shape index (κ2) is 6.53. The van der Waals surface area contributed by atoms with Gasteiger partial charge in [-0.15, -0.1) is 0 Å². The van der Waals surface area contributed by atoms with Crippen LogP contribution in [0.3, 0.4) is 0 Å². The molecule has 0 aliphatic heterocycles. The van der Waals surface area contributed by atoms with E-state index in [0.29, 0.717) is 0 Å². The first kappa shape index (κ1) is 13.8. The summed E-state index contributed by atoms with van der Waals surface area (Å²) >= 11 is 0. The Hall–Kier alpha value is -1.60. The van der Waals surface area contributed by atoms with Gasteiger partial charge in [-0.25, -0.2) is 0 Å². The number of aliphatic hydroxyl groups is 1. The summed E-state index contributed by atoms with van der Waals surface area (Å²) < 4.78 is 0. The number of aryl methyl sites for hydroxylation is 1. The first-order valence-corrected chi connectivity index (χ1v) is 7.06. The zero-order valence-corrected chi connectivity index (χ0v) is 11.8. The topological polar surface area (TPSA) is 20.2 Å². The molecule has 0 spiro atoms. The maximum Gasteiger partial charge on any atom is 0.0792 e. The maximum atomic E-state index is 10.2. The first-order chi connectivity index (χ1) is 9.22. The molecule has 0 heterocycles. The molecule has 0 aliphatic rings. The minimum absolute atomic E-state index is 0.329. The number of hydrogen-bond acceptors (Lipinski definition) is 1. The molecule has 2 rings (SSSR count). The van der Waals surface area contributed by atoms with E-state index in [0.717, 1.165) is 24.8 Å². The van der Waals surface area contributed by atoms with Crippen molar-refractivity contribution >= 4 is 0 Å². The molecule has 1 N–H and O–H groups in total. The van der Waals surface area contributed by atoms with Gasteiger partial charge in [-0.3, -0.25) is 0 Å². The third-order valence-corrected chi connectivity index (χ3v) is 3.57. The molecule has 0 fully saturated rings. The summed E-state index contributed by atoms with van der Waals surface area (Å²) in [7, 11) is 0. The fraction of sp³-hybridized carbons (Fsp3) is 0.333. The van der Waals surface area contributed by atoms with Crippen LogP contribution in [0.25, 0.3) is 11.1 Å². The lowest BCUT2D eigenvalue weighted by molar-refractivity contribution is 0.163. The highest BCUT2D eigenvalue weighted by molar-refractivity contribution is 5.64. The SMILES string of the molecule is CCCCC(O)c1ccc(-c2ccccc2)cc1C. The quantitative estimate of drug-likeness (QED) is 0.805. The normalized spacial score (nSPS) is 12.4. The van der Waals surface area contributed by atoms with Crippen LogP contribution in [-0.4, -0.2) is 5.11 Å². The molecule has 1 heteroatoms. The van der Waals surface area contributed by atoms with E-state index in [1.807, 2.05) is 6.07 Å². The van der Waals surface area contributed by atoms with E-state index in [1.54, 1.807) is 0 Å². The fourth-order valence-electron chi connectivity index (χ4n) is 2.41. The van der Waals surface area contributed by atoms with Crippen molar-refractivity contribution in [3.63, 3.8) is 0 Å². The van der Waals surface area contributed by atoms with Crippen molar-refractivity contribution in [2.75, 3.05) is 0 Å². The van der Waals surface area contributed by atoms with E-state index in [1.165, 1.54) is 16.7 Å². The van der Waals surface area contributed by atoms with Crippen LogP contribution in [-0.2, 0) is 0 Å². The number of hydrogen-bond donors (Lipinski definition) is 1. The lowest BCUT2D eigenvalue weighted by Crippen LogP contribution is -2.00. The summed E-state index contributed by atoms with van der Waals surface area (Å²) in [5.74, 6) is 0. The molecule has 1 nitrogen and oxygen atoms in total. The zero-order valence-electron chi connectivity index (χ0n) is 11.8. The van der Waals surface area contributed by atoms with Crippen LogP contribution in [0, 0.1) is 6.92 Å². The molecule has 0 bridgehead atoms. The summed E-state index contributed by atoms with van der Waals surface area (Å²) in [6.07, 6.45) is 2.71. The predicted molar refractivity (Wildman–Crippen MR) is 81.1 cm³/mol. The smallest absolute Gasteiger partial charge is 0.0792 e. The first-order valence-electron chi connectivity index (χ1n) is 7.06. The number of unbranched alkanes of at least 4 members (excludes halogenated alkanes) is 1. The minimum atomic E-state index is -0.329. The molecule has 2 aromatic rings. The van der Waals surface area contributed by atoms with Crippen LogP contribution in [0.1, 0.15) is 43.4 Å². The van der Waals surface area contributed by atoms with Crippen LogP contribution >= 0.6 is 0 Å². The minimum Gasteiger partial charge on any atom is -0.388 e. The number of rotatable bonds is 5. The third kappa shape index (κ3) is 3.45. The molecule has 0 aliphatic carbocycles. The van der Waals surface area contributed by atoms with Gasteiger partial charge in [0.1, 0.15) is 0 Å². The lowest BCUT2D eigenvalue weighted by Gasteiger charge is -2.14. The molecule has 19 heavy (non-hydrogen) atoms. The molecule has 0 radical (unpaired) electrons. The molecule has 0 saturated heterocycles. The van der Waals surface area contributed by atoms with Gasteiger partial charge < -0.3 is 5.11 Å². The molecule has 100 valence electrons. The van der Waals surface area contributed by atoms with E-state index in [-0.39, 0.29) is 6.10 Å². The Kier molecular flexibility index (Phi) is 4.75. The van der Waals surface area contributed by atoms with E-state index in [4.69, 9.17) is 0 Å². The number of benzene rings is 2. The van der Waals surface area contributed by atoms with Crippen LogP contribution in [0.5, 0.6) is 0 Å². The van der Waals surface area contributed by atoms with Crippen molar-refractivity contribution < 1.29 is 5.11 Å². The van der Waals surface area contributed by atoms with Gasteiger partial charge in [0.05, 0.1) is 6.10 Å².